The van der Waals surface area contributed by atoms with Crippen LogP contribution in [-0.2, 0) is 4.79 Å². The van der Waals surface area contributed by atoms with E-state index in [9.17, 15) is 9.59 Å². The number of amides is 2. The number of hydrogen-bond acceptors (Lipinski definition) is 3. The summed E-state index contributed by atoms with van der Waals surface area (Å²) in [6, 6.07) is 10.5. The first-order valence-electron chi connectivity index (χ1n) is 6.90. The number of nitrogens with one attached hydrogen (secondary N) is 2. The lowest BCUT2D eigenvalue weighted by Crippen LogP contribution is -2.38. The molecule has 23 heavy (non-hydrogen) atoms. The van der Waals surface area contributed by atoms with Gasteiger partial charge in [-0.05, 0) is 36.8 Å². The molecule has 1 aromatic carbocycles. The number of halogens is 2. The lowest BCUT2D eigenvalue weighted by Gasteiger charge is -2.14. The second kappa shape index (κ2) is 8.08. The first-order valence-corrected chi connectivity index (χ1v) is 8.07. The van der Waals surface area contributed by atoms with E-state index in [1.54, 1.807) is 6.07 Å². The zero-order chi connectivity index (χ0) is 16.8. The summed E-state index contributed by atoms with van der Waals surface area (Å²) in [5.41, 5.74) is 1.15. The van der Waals surface area contributed by atoms with Gasteiger partial charge in [-0.2, -0.15) is 0 Å². The fourth-order valence-electron chi connectivity index (χ4n) is 1.91. The zero-order valence-corrected chi connectivity index (χ0v) is 14.7. The highest BCUT2D eigenvalue weighted by atomic mass is 79.9. The molecule has 2 rings (SSSR count). The van der Waals surface area contributed by atoms with Gasteiger partial charge in [-0.25, -0.2) is 0 Å². The standard InChI is InChI=1S/C16H15BrClN3O2/c1-10(11-2-4-12(17)5-3-11)21-15(22)9-20-16(23)14-8-13(18)6-7-19-14/h2-8,10H,9H2,1H3,(H,20,23)(H,21,22)/t10-/m1/s1. The van der Waals surface area contributed by atoms with Crippen LogP contribution in [-0.4, -0.2) is 23.3 Å². The Morgan fingerprint density at radius 1 is 1.26 bits per heavy atom. The smallest absolute Gasteiger partial charge is 0.270 e. The van der Waals surface area contributed by atoms with Crippen molar-refractivity contribution in [2.45, 2.75) is 13.0 Å². The monoisotopic (exact) mass is 395 g/mol. The molecule has 0 radical (unpaired) electrons. The summed E-state index contributed by atoms with van der Waals surface area (Å²) in [4.78, 5) is 27.7. The highest BCUT2D eigenvalue weighted by molar-refractivity contribution is 9.10. The summed E-state index contributed by atoms with van der Waals surface area (Å²) in [5.74, 6) is -0.727. The number of benzene rings is 1. The molecule has 0 aliphatic heterocycles. The lowest BCUT2D eigenvalue weighted by molar-refractivity contribution is -0.120. The normalized spacial score (nSPS) is 11.6. The van der Waals surface area contributed by atoms with Crippen LogP contribution >= 0.6 is 27.5 Å². The van der Waals surface area contributed by atoms with Gasteiger partial charge in [0.25, 0.3) is 5.91 Å². The fraction of sp³-hybridized carbons (Fsp3) is 0.188. The number of pyridine rings is 1. The maximum Gasteiger partial charge on any atom is 0.270 e. The van der Waals surface area contributed by atoms with E-state index in [2.05, 4.69) is 31.5 Å². The van der Waals surface area contributed by atoms with E-state index in [0.29, 0.717) is 5.02 Å². The van der Waals surface area contributed by atoms with E-state index in [4.69, 9.17) is 11.6 Å². The van der Waals surface area contributed by atoms with Gasteiger partial charge in [0.2, 0.25) is 5.91 Å². The molecule has 120 valence electrons. The molecule has 2 amide bonds. The SMILES string of the molecule is C[C@@H](NC(=O)CNC(=O)c1cc(Cl)ccn1)c1ccc(Br)cc1. The molecule has 0 aliphatic carbocycles. The van der Waals surface area contributed by atoms with Crippen LogP contribution in [0.25, 0.3) is 0 Å². The van der Waals surface area contributed by atoms with E-state index >= 15 is 0 Å². The Balaban J connectivity index is 1.85. The van der Waals surface area contributed by atoms with Crippen LogP contribution in [0.4, 0.5) is 0 Å². The van der Waals surface area contributed by atoms with E-state index in [1.165, 1.54) is 12.3 Å². The van der Waals surface area contributed by atoms with Gasteiger partial charge in [-0.3, -0.25) is 14.6 Å². The van der Waals surface area contributed by atoms with Crippen LogP contribution in [0, 0.1) is 0 Å². The van der Waals surface area contributed by atoms with Gasteiger partial charge in [0, 0.05) is 15.7 Å². The molecule has 7 heteroatoms. The van der Waals surface area contributed by atoms with Crippen LogP contribution in [0.3, 0.4) is 0 Å². The quantitative estimate of drug-likeness (QED) is 0.816. The first-order chi connectivity index (χ1) is 11.0. The molecule has 5 nitrogen and oxygen atoms in total. The molecule has 2 aromatic rings. The molecule has 1 heterocycles. The van der Waals surface area contributed by atoms with E-state index in [1.807, 2.05) is 31.2 Å². The second-order valence-corrected chi connectivity index (χ2v) is 6.23. The van der Waals surface area contributed by atoms with Crippen molar-refractivity contribution >= 4 is 39.3 Å². The summed E-state index contributed by atoms with van der Waals surface area (Å²) < 4.78 is 0.973. The van der Waals surface area contributed by atoms with Crippen molar-refractivity contribution in [2.24, 2.45) is 0 Å². The second-order valence-electron chi connectivity index (χ2n) is 4.88. The first kappa shape index (κ1) is 17.4. The third-order valence-electron chi connectivity index (χ3n) is 3.11. The topological polar surface area (TPSA) is 71.1 Å². The molecule has 0 aliphatic rings. The molecule has 1 aromatic heterocycles. The molecule has 0 spiro atoms. The van der Waals surface area contributed by atoms with E-state index in [-0.39, 0.29) is 24.2 Å². The van der Waals surface area contributed by atoms with Gasteiger partial charge in [0.15, 0.2) is 0 Å². The number of rotatable bonds is 5. The van der Waals surface area contributed by atoms with Crippen molar-refractivity contribution in [2.75, 3.05) is 6.54 Å². The van der Waals surface area contributed by atoms with Gasteiger partial charge in [-0.15, -0.1) is 0 Å². The van der Waals surface area contributed by atoms with Crippen LogP contribution in [0.2, 0.25) is 5.02 Å². The Bertz CT molecular complexity index is 707. The summed E-state index contributed by atoms with van der Waals surface area (Å²) in [7, 11) is 0. The fourth-order valence-corrected chi connectivity index (χ4v) is 2.33. The maximum atomic E-state index is 11.9. The summed E-state index contributed by atoms with van der Waals surface area (Å²) in [6.07, 6.45) is 1.44. The number of hydrogen-bond donors (Lipinski definition) is 2. The van der Waals surface area contributed by atoms with Gasteiger partial charge in [0.1, 0.15) is 5.69 Å². The van der Waals surface area contributed by atoms with Crippen molar-refractivity contribution < 1.29 is 9.59 Å². The highest BCUT2D eigenvalue weighted by Gasteiger charge is 2.12. The third kappa shape index (κ3) is 5.33. The Morgan fingerprint density at radius 2 is 1.96 bits per heavy atom. The van der Waals surface area contributed by atoms with Gasteiger partial charge in [0.05, 0.1) is 12.6 Å². The molecular formula is C16H15BrClN3O2. The predicted octanol–water partition coefficient (Wildman–Crippen LogP) is 3.10. The zero-order valence-electron chi connectivity index (χ0n) is 12.3. The van der Waals surface area contributed by atoms with Gasteiger partial charge < -0.3 is 10.6 Å². The Morgan fingerprint density at radius 3 is 2.61 bits per heavy atom. The third-order valence-corrected chi connectivity index (χ3v) is 3.88. The summed E-state index contributed by atoms with van der Waals surface area (Å²) in [5, 5.41) is 5.75. The number of nitrogens with zero attached hydrogens (tertiary/aromatic N) is 1. The van der Waals surface area contributed by atoms with Crippen molar-refractivity contribution in [3.63, 3.8) is 0 Å². The van der Waals surface area contributed by atoms with Crippen LogP contribution < -0.4 is 10.6 Å². The van der Waals surface area contributed by atoms with Crippen molar-refractivity contribution in [3.8, 4) is 0 Å². The lowest BCUT2D eigenvalue weighted by atomic mass is 10.1. The van der Waals surface area contributed by atoms with Gasteiger partial charge in [-0.1, -0.05) is 39.7 Å². The molecule has 0 saturated carbocycles. The Labute approximate surface area is 147 Å². The Kier molecular flexibility index (Phi) is 6.12. The molecule has 0 fully saturated rings. The summed E-state index contributed by atoms with van der Waals surface area (Å²) in [6.45, 7) is 1.75. The molecule has 0 saturated heterocycles. The van der Waals surface area contributed by atoms with E-state index < -0.39 is 5.91 Å². The predicted molar refractivity (Wildman–Crippen MR) is 92.3 cm³/mol. The minimum atomic E-state index is -0.445. The number of aromatic nitrogens is 1. The molecule has 2 N–H and O–H groups in total. The molecule has 1 atom stereocenters. The number of carbonyl (C=O) groups is 2. The van der Waals surface area contributed by atoms with Crippen LogP contribution in [0.15, 0.2) is 47.1 Å². The molecular weight excluding hydrogens is 382 g/mol. The minimum absolute atomic E-state index is 0.131. The Hall–Kier alpha value is -1.92. The highest BCUT2D eigenvalue weighted by Crippen LogP contribution is 2.16. The van der Waals surface area contributed by atoms with Crippen molar-refractivity contribution in [1.29, 1.82) is 0 Å². The van der Waals surface area contributed by atoms with Crippen molar-refractivity contribution in [3.05, 3.63) is 63.3 Å². The largest absolute Gasteiger partial charge is 0.348 e. The number of carbonyl (C=O) groups excluding carboxylic acids is 2. The van der Waals surface area contributed by atoms with Crippen molar-refractivity contribution in [1.82, 2.24) is 15.6 Å². The minimum Gasteiger partial charge on any atom is -0.348 e. The molecule has 0 unspecified atom stereocenters. The average Bonchev–Trinajstić information content (AvgIpc) is 2.53. The van der Waals surface area contributed by atoms with Crippen LogP contribution in [0.1, 0.15) is 29.0 Å². The van der Waals surface area contributed by atoms with E-state index in [0.717, 1.165) is 10.0 Å². The maximum absolute atomic E-state index is 11.9. The molecule has 0 bridgehead atoms. The summed E-state index contributed by atoms with van der Waals surface area (Å²) >= 11 is 9.16. The van der Waals surface area contributed by atoms with Gasteiger partial charge >= 0.3 is 0 Å². The van der Waals surface area contributed by atoms with Crippen LogP contribution in [0.5, 0.6) is 0 Å². The average molecular weight is 397 g/mol.